The number of nitrogens with one attached hydrogen (secondary N) is 1. The third-order valence-corrected chi connectivity index (χ3v) is 2.59. The molecule has 0 aromatic carbocycles. The smallest absolute Gasteiger partial charge is 0.219 e. The van der Waals surface area contributed by atoms with Crippen molar-refractivity contribution in [1.29, 1.82) is 0 Å². The molecule has 0 aromatic heterocycles. The molecule has 64 valence electrons. The Morgan fingerprint density at radius 1 is 1.73 bits per heavy atom. The molecule has 0 spiro atoms. The maximum absolute atomic E-state index is 10.7. The van der Waals surface area contributed by atoms with Gasteiger partial charge in [-0.1, -0.05) is 0 Å². The van der Waals surface area contributed by atoms with Crippen LogP contribution in [0.2, 0.25) is 0 Å². The van der Waals surface area contributed by atoms with Gasteiger partial charge in [0.25, 0.3) is 0 Å². The van der Waals surface area contributed by atoms with E-state index in [2.05, 4.69) is 12.2 Å². The maximum Gasteiger partial charge on any atom is 0.219 e. The van der Waals surface area contributed by atoms with E-state index >= 15 is 0 Å². The summed E-state index contributed by atoms with van der Waals surface area (Å²) in [6.07, 6.45) is 2.91. The lowest BCUT2D eigenvalue weighted by Crippen LogP contribution is -2.45. The molecular weight excluding hydrogens is 140 g/mol. The van der Waals surface area contributed by atoms with Crippen LogP contribution < -0.4 is 11.1 Å². The van der Waals surface area contributed by atoms with Gasteiger partial charge in [0.15, 0.2) is 0 Å². The van der Waals surface area contributed by atoms with E-state index < -0.39 is 0 Å². The van der Waals surface area contributed by atoms with E-state index in [9.17, 15) is 4.79 Å². The summed E-state index contributed by atoms with van der Waals surface area (Å²) in [5, 5.41) is 3.17. The number of carbonyl (C=O) groups excluding carboxylic acids is 1. The van der Waals surface area contributed by atoms with Crippen molar-refractivity contribution in [2.45, 2.75) is 31.7 Å². The molecule has 0 aliphatic heterocycles. The molecule has 0 aromatic rings. The highest BCUT2D eigenvalue weighted by atomic mass is 16.1. The molecule has 0 heterocycles. The number of amides is 1. The number of nitrogens with two attached hydrogens (primary N) is 1. The molecule has 0 bridgehead atoms. The predicted molar refractivity (Wildman–Crippen MR) is 44.0 cm³/mol. The Morgan fingerprint density at radius 2 is 2.27 bits per heavy atom. The minimum Gasteiger partial charge on any atom is -0.370 e. The second-order valence-electron chi connectivity index (χ2n) is 3.58. The number of hydrogen-bond donors (Lipinski definition) is 2. The van der Waals surface area contributed by atoms with Crippen LogP contribution in [0.4, 0.5) is 0 Å². The Hall–Kier alpha value is -0.570. The van der Waals surface area contributed by atoms with Crippen molar-refractivity contribution in [3.8, 4) is 0 Å². The average Bonchev–Trinajstić information content (AvgIpc) is 2.66. The third kappa shape index (κ3) is 1.93. The predicted octanol–water partition coefficient (Wildman–Crippen LogP) is 0.250. The summed E-state index contributed by atoms with van der Waals surface area (Å²) >= 11 is 0. The van der Waals surface area contributed by atoms with E-state index in [0.29, 0.717) is 12.3 Å². The molecule has 11 heavy (non-hydrogen) atoms. The van der Waals surface area contributed by atoms with Crippen LogP contribution in [-0.4, -0.2) is 18.5 Å². The molecule has 1 unspecified atom stereocenters. The molecule has 0 saturated heterocycles. The van der Waals surface area contributed by atoms with Crippen LogP contribution in [0.5, 0.6) is 0 Å². The summed E-state index contributed by atoms with van der Waals surface area (Å²) in [6, 6.07) is 0. The average molecular weight is 156 g/mol. The van der Waals surface area contributed by atoms with Crippen molar-refractivity contribution >= 4 is 5.91 Å². The molecule has 1 aliphatic rings. The first-order valence-corrected chi connectivity index (χ1v) is 4.06. The minimum absolute atomic E-state index is 0.0498. The van der Waals surface area contributed by atoms with Gasteiger partial charge in [-0.05, 0) is 32.7 Å². The summed E-state index contributed by atoms with van der Waals surface area (Å²) in [5.41, 5.74) is 5.09. The SMILES string of the molecule is CNC(C)(CC(N)=O)C1CC1. The van der Waals surface area contributed by atoms with Crippen LogP contribution in [-0.2, 0) is 4.79 Å². The summed E-state index contributed by atoms with van der Waals surface area (Å²) in [6.45, 7) is 2.06. The number of hydrogen-bond acceptors (Lipinski definition) is 2. The quantitative estimate of drug-likeness (QED) is 0.613. The van der Waals surface area contributed by atoms with Crippen molar-refractivity contribution in [3.05, 3.63) is 0 Å². The molecule has 0 radical (unpaired) electrons. The van der Waals surface area contributed by atoms with Crippen molar-refractivity contribution in [1.82, 2.24) is 5.32 Å². The fourth-order valence-corrected chi connectivity index (χ4v) is 1.52. The second-order valence-corrected chi connectivity index (χ2v) is 3.58. The molecule has 1 fully saturated rings. The molecule has 1 aliphatic carbocycles. The molecule has 1 saturated carbocycles. The van der Waals surface area contributed by atoms with Gasteiger partial charge in [0.1, 0.15) is 0 Å². The largest absolute Gasteiger partial charge is 0.370 e. The second kappa shape index (κ2) is 2.81. The highest BCUT2D eigenvalue weighted by Gasteiger charge is 2.41. The monoisotopic (exact) mass is 156 g/mol. The Kier molecular flexibility index (Phi) is 2.18. The van der Waals surface area contributed by atoms with Crippen LogP contribution in [0.15, 0.2) is 0 Å². The van der Waals surface area contributed by atoms with E-state index in [1.807, 2.05) is 7.05 Å². The van der Waals surface area contributed by atoms with Gasteiger partial charge >= 0.3 is 0 Å². The molecule has 1 amide bonds. The number of rotatable bonds is 4. The van der Waals surface area contributed by atoms with Crippen LogP contribution in [0, 0.1) is 5.92 Å². The lowest BCUT2D eigenvalue weighted by molar-refractivity contribution is -0.119. The molecule has 1 atom stereocenters. The molecule has 3 heteroatoms. The van der Waals surface area contributed by atoms with Crippen molar-refractivity contribution < 1.29 is 4.79 Å². The third-order valence-electron chi connectivity index (χ3n) is 2.59. The van der Waals surface area contributed by atoms with Gasteiger partial charge in [-0.3, -0.25) is 4.79 Å². The van der Waals surface area contributed by atoms with Crippen LogP contribution in [0.3, 0.4) is 0 Å². The lowest BCUT2D eigenvalue weighted by atomic mass is 9.92. The Bertz CT molecular complexity index is 165. The Labute approximate surface area is 67.3 Å². The van der Waals surface area contributed by atoms with Crippen molar-refractivity contribution in [2.24, 2.45) is 11.7 Å². The van der Waals surface area contributed by atoms with Gasteiger partial charge in [0.2, 0.25) is 5.91 Å². The van der Waals surface area contributed by atoms with Crippen LogP contribution >= 0.6 is 0 Å². The Balaban J connectivity index is 2.51. The highest BCUT2D eigenvalue weighted by molar-refractivity contribution is 5.75. The zero-order chi connectivity index (χ0) is 8.48. The van der Waals surface area contributed by atoms with E-state index in [0.717, 1.165) is 0 Å². The van der Waals surface area contributed by atoms with Crippen LogP contribution in [0.25, 0.3) is 0 Å². The zero-order valence-corrected chi connectivity index (χ0v) is 7.18. The first kappa shape index (κ1) is 8.53. The summed E-state index contributed by atoms with van der Waals surface area (Å²) in [7, 11) is 1.89. The minimum atomic E-state index is -0.214. The standard InChI is InChI=1S/C8H16N2O/c1-8(10-2,5-7(9)11)6-3-4-6/h6,10H,3-5H2,1-2H3,(H2,9,11). The maximum atomic E-state index is 10.7. The fraction of sp³-hybridized carbons (Fsp3) is 0.875. The zero-order valence-electron chi connectivity index (χ0n) is 7.18. The van der Waals surface area contributed by atoms with Gasteiger partial charge in [0.05, 0.1) is 0 Å². The molecule has 3 N–H and O–H groups in total. The number of primary amides is 1. The first-order chi connectivity index (χ1) is 5.08. The van der Waals surface area contributed by atoms with Crippen molar-refractivity contribution in [3.63, 3.8) is 0 Å². The normalized spacial score (nSPS) is 22.7. The highest BCUT2D eigenvalue weighted by Crippen LogP contribution is 2.40. The van der Waals surface area contributed by atoms with Gasteiger partial charge in [0, 0.05) is 12.0 Å². The molecular formula is C8H16N2O. The summed E-state index contributed by atoms with van der Waals surface area (Å²) in [4.78, 5) is 10.7. The van der Waals surface area contributed by atoms with Gasteiger partial charge in [-0.25, -0.2) is 0 Å². The first-order valence-electron chi connectivity index (χ1n) is 4.06. The molecule has 3 nitrogen and oxygen atoms in total. The van der Waals surface area contributed by atoms with E-state index in [1.54, 1.807) is 0 Å². The van der Waals surface area contributed by atoms with Crippen LogP contribution in [0.1, 0.15) is 26.2 Å². The van der Waals surface area contributed by atoms with Crippen molar-refractivity contribution in [2.75, 3.05) is 7.05 Å². The lowest BCUT2D eigenvalue weighted by Gasteiger charge is -2.27. The number of carbonyl (C=O) groups is 1. The van der Waals surface area contributed by atoms with Gasteiger partial charge in [-0.2, -0.15) is 0 Å². The Morgan fingerprint density at radius 3 is 2.55 bits per heavy atom. The summed E-state index contributed by atoms with van der Waals surface area (Å²) in [5.74, 6) is 0.439. The van der Waals surface area contributed by atoms with E-state index in [4.69, 9.17) is 5.73 Å². The summed E-state index contributed by atoms with van der Waals surface area (Å²) < 4.78 is 0. The van der Waals surface area contributed by atoms with E-state index in [1.165, 1.54) is 12.8 Å². The van der Waals surface area contributed by atoms with Gasteiger partial charge < -0.3 is 11.1 Å². The molecule has 1 rings (SSSR count). The fourth-order valence-electron chi connectivity index (χ4n) is 1.52. The topological polar surface area (TPSA) is 55.1 Å². The van der Waals surface area contributed by atoms with E-state index in [-0.39, 0.29) is 11.4 Å². The van der Waals surface area contributed by atoms with Gasteiger partial charge in [-0.15, -0.1) is 0 Å².